The molecule has 0 radical (unpaired) electrons. The van der Waals surface area contributed by atoms with Crippen LogP contribution >= 0.6 is 0 Å². The molecule has 0 aliphatic heterocycles. The van der Waals surface area contributed by atoms with Crippen molar-refractivity contribution in [2.45, 2.75) is 6.92 Å². The van der Waals surface area contributed by atoms with Crippen LogP contribution in [0.4, 0.5) is 4.39 Å². The molecule has 6 heteroatoms. The molecule has 0 fully saturated rings. The summed E-state index contributed by atoms with van der Waals surface area (Å²) < 4.78 is 17.9. The summed E-state index contributed by atoms with van der Waals surface area (Å²) in [5.41, 5.74) is 0.916. The highest BCUT2D eigenvalue weighted by atomic mass is 19.1. The number of rotatable bonds is 2. The number of carboxylic acid groups (broad SMARTS) is 1. The Balaban J connectivity index is 2.53. The molecule has 1 N–H and O–H groups in total. The van der Waals surface area contributed by atoms with E-state index < -0.39 is 17.5 Å². The van der Waals surface area contributed by atoms with E-state index in [2.05, 4.69) is 14.7 Å². The van der Waals surface area contributed by atoms with Gasteiger partial charge in [-0.3, -0.25) is 4.98 Å². The highest BCUT2D eigenvalue weighted by Crippen LogP contribution is 2.22. The maximum atomic E-state index is 13.5. The fourth-order valence-corrected chi connectivity index (χ4v) is 1.24. The number of aryl methyl sites for hydroxylation is 1. The van der Waals surface area contributed by atoms with Crippen LogP contribution in [-0.4, -0.2) is 21.2 Å². The third kappa shape index (κ3) is 1.65. The molecule has 0 aromatic carbocycles. The molecule has 5 nitrogen and oxygen atoms in total. The van der Waals surface area contributed by atoms with Crippen LogP contribution in [0.15, 0.2) is 22.9 Å². The summed E-state index contributed by atoms with van der Waals surface area (Å²) in [4.78, 5) is 14.4. The summed E-state index contributed by atoms with van der Waals surface area (Å²) in [7, 11) is 0. The molecule has 0 amide bonds. The van der Waals surface area contributed by atoms with Gasteiger partial charge in [-0.2, -0.15) is 4.39 Å². The number of halogens is 1. The van der Waals surface area contributed by atoms with Gasteiger partial charge in [0.25, 0.3) is 5.76 Å². The summed E-state index contributed by atoms with van der Waals surface area (Å²) in [6.45, 7) is 1.81. The molecule has 2 aromatic heterocycles. The summed E-state index contributed by atoms with van der Waals surface area (Å²) in [6.07, 6.45) is 1.49. The number of aromatic nitrogens is 2. The average molecular weight is 222 g/mol. The second-order valence-corrected chi connectivity index (χ2v) is 3.20. The lowest BCUT2D eigenvalue weighted by Gasteiger charge is -1.95. The summed E-state index contributed by atoms with van der Waals surface area (Å²) in [5, 5.41) is 11.9. The van der Waals surface area contributed by atoms with Crippen LogP contribution in [0.25, 0.3) is 11.4 Å². The zero-order valence-electron chi connectivity index (χ0n) is 8.27. The third-order valence-electron chi connectivity index (χ3n) is 1.99. The van der Waals surface area contributed by atoms with E-state index in [0.717, 1.165) is 5.56 Å². The molecular weight excluding hydrogens is 215 g/mol. The maximum Gasteiger partial charge on any atom is 0.377 e. The Morgan fingerprint density at radius 2 is 2.31 bits per heavy atom. The van der Waals surface area contributed by atoms with Crippen LogP contribution in [0, 0.1) is 12.7 Å². The number of hydrogen-bond donors (Lipinski definition) is 1. The molecule has 2 aromatic rings. The number of aromatic carboxylic acids is 1. The second-order valence-electron chi connectivity index (χ2n) is 3.20. The van der Waals surface area contributed by atoms with Gasteiger partial charge in [-0.1, -0.05) is 5.16 Å². The molecule has 82 valence electrons. The van der Waals surface area contributed by atoms with Crippen LogP contribution in [0.3, 0.4) is 0 Å². The molecule has 0 saturated heterocycles. The summed E-state index contributed by atoms with van der Waals surface area (Å²) >= 11 is 0. The lowest BCUT2D eigenvalue weighted by atomic mass is 10.2. The fraction of sp³-hybridized carbons (Fsp3) is 0.100. The molecule has 0 saturated carbocycles. The molecule has 2 rings (SSSR count). The molecule has 0 spiro atoms. The molecule has 0 atom stereocenters. The smallest absolute Gasteiger partial charge is 0.377 e. The lowest BCUT2D eigenvalue weighted by Crippen LogP contribution is -1.97. The number of nitrogens with zero attached hydrogens (tertiary/aromatic N) is 2. The second kappa shape index (κ2) is 3.73. The van der Waals surface area contributed by atoms with Crippen molar-refractivity contribution in [2.75, 3.05) is 0 Å². The molecule has 0 aliphatic rings. The SMILES string of the molecule is Cc1ccnc(-c2noc(C(=O)O)c2F)c1. The van der Waals surface area contributed by atoms with E-state index in [9.17, 15) is 9.18 Å². The molecular formula is C10H7FN2O3. The standard InChI is InChI=1S/C10H7FN2O3/c1-5-2-3-12-6(4-5)8-7(11)9(10(14)15)16-13-8/h2-4H,1H3,(H,14,15). The largest absolute Gasteiger partial charge is 0.475 e. The third-order valence-corrected chi connectivity index (χ3v) is 1.99. The van der Waals surface area contributed by atoms with Gasteiger partial charge in [0, 0.05) is 6.20 Å². The molecule has 2 heterocycles. The Hall–Kier alpha value is -2.24. The predicted octanol–water partition coefficient (Wildman–Crippen LogP) is 1.88. The van der Waals surface area contributed by atoms with Gasteiger partial charge in [-0.15, -0.1) is 0 Å². The van der Waals surface area contributed by atoms with Crippen molar-refractivity contribution in [3.05, 3.63) is 35.5 Å². The first-order valence-corrected chi connectivity index (χ1v) is 4.41. The van der Waals surface area contributed by atoms with Gasteiger partial charge in [0.05, 0.1) is 5.69 Å². The van der Waals surface area contributed by atoms with Gasteiger partial charge in [-0.05, 0) is 24.6 Å². The van der Waals surface area contributed by atoms with E-state index in [1.54, 1.807) is 19.1 Å². The van der Waals surface area contributed by atoms with Crippen molar-refractivity contribution < 1.29 is 18.8 Å². The van der Waals surface area contributed by atoms with Gasteiger partial charge in [0.2, 0.25) is 5.82 Å². The number of carboxylic acids is 1. The number of pyridine rings is 1. The summed E-state index contributed by atoms with van der Waals surface area (Å²) in [5.74, 6) is -3.31. The first-order valence-electron chi connectivity index (χ1n) is 4.41. The highest BCUT2D eigenvalue weighted by molar-refractivity contribution is 5.86. The van der Waals surface area contributed by atoms with E-state index in [1.807, 2.05) is 0 Å². The van der Waals surface area contributed by atoms with Gasteiger partial charge in [0.15, 0.2) is 5.69 Å². The molecule has 0 bridgehead atoms. The monoisotopic (exact) mass is 222 g/mol. The Bertz CT molecular complexity index is 551. The van der Waals surface area contributed by atoms with Crippen molar-refractivity contribution in [3.63, 3.8) is 0 Å². The van der Waals surface area contributed by atoms with Crippen LogP contribution < -0.4 is 0 Å². The van der Waals surface area contributed by atoms with Gasteiger partial charge in [-0.25, -0.2) is 4.79 Å². The molecule has 0 aliphatic carbocycles. The van der Waals surface area contributed by atoms with Crippen molar-refractivity contribution in [1.82, 2.24) is 10.1 Å². The van der Waals surface area contributed by atoms with Crippen LogP contribution in [0.1, 0.15) is 16.1 Å². The van der Waals surface area contributed by atoms with E-state index in [1.165, 1.54) is 6.20 Å². The lowest BCUT2D eigenvalue weighted by molar-refractivity contribution is 0.0645. The predicted molar refractivity (Wildman–Crippen MR) is 51.4 cm³/mol. The van der Waals surface area contributed by atoms with Crippen molar-refractivity contribution >= 4 is 5.97 Å². The number of hydrogen-bond acceptors (Lipinski definition) is 4. The van der Waals surface area contributed by atoms with Crippen LogP contribution in [0.5, 0.6) is 0 Å². The number of carbonyl (C=O) groups is 1. The Kier molecular flexibility index (Phi) is 2.40. The minimum atomic E-state index is -1.50. The first-order chi connectivity index (χ1) is 7.59. The van der Waals surface area contributed by atoms with Crippen LogP contribution in [0.2, 0.25) is 0 Å². The Morgan fingerprint density at radius 3 is 2.88 bits per heavy atom. The maximum absolute atomic E-state index is 13.5. The highest BCUT2D eigenvalue weighted by Gasteiger charge is 2.23. The van der Waals surface area contributed by atoms with Gasteiger partial charge >= 0.3 is 5.97 Å². The Morgan fingerprint density at radius 1 is 1.56 bits per heavy atom. The van der Waals surface area contributed by atoms with Crippen LogP contribution in [-0.2, 0) is 0 Å². The van der Waals surface area contributed by atoms with E-state index in [0.29, 0.717) is 0 Å². The summed E-state index contributed by atoms with van der Waals surface area (Å²) in [6, 6.07) is 3.33. The van der Waals surface area contributed by atoms with E-state index in [-0.39, 0.29) is 11.4 Å². The molecule has 16 heavy (non-hydrogen) atoms. The van der Waals surface area contributed by atoms with Crippen molar-refractivity contribution in [2.24, 2.45) is 0 Å². The fourth-order valence-electron chi connectivity index (χ4n) is 1.24. The first kappa shape index (κ1) is 10.3. The quantitative estimate of drug-likeness (QED) is 0.839. The zero-order valence-corrected chi connectivity index (χ0v) is 8.27. The van der Waals surface area contributed by atoms with E-state index >= 15 is 0 Å². The minimum Gasteiger partial charge on any atom is -0.475 e. The van der Waals surface area contributed by atoms with Crippen molar-refractivity contribution in [3.8, 4) is 11.4 Å². The Labute approximate surface area is 89.5 Å². The van der Waals surface area contributed by atoms with E-state index in [4.69, 9.17) is 5.11 Å². The normalized spacial score (nSPS) is 10.4. The average Bonchev–Trinajstić information content (AvgIpc) is 2.60. The topological polar surface area (TPSA) is 76.2 Å². The van der Waals surface area contributed by atoms with Gasteiger partial charge in [0.1, 0.15) is 0 Å². The van der Waals surface area contributed by atoms with Crippen molar-refractivity contribution in [1.29, 1.82) is 0 Å². The van der Waals surface area contributed by atoms with Gasteiger partial charge < -0.3 is 9.63 Å². The zero-order chi connectivity index (χ0) is 11.7. The molecule has 0 unspecified atom stereocenters. The minimum absolute atomic E-state index is 0.193.